The monoisotopic (exact) mass is 344 g/mol. The maximum Gasteiger partial charge on any atom is 0.225 e. The van der Waals surface area contributed by atoms with Crippen molar-refractivity contribution < 1.29 is 9.53 Å². The van der Waals surface area contributed by atoms with Crippen LogP contribution >= 0.6 is 0 Å². The summed E-state index contributed by atoms with van der Waals surface area (Å²) in [4.78, 5) is 25.5. The van der Waals surface area contributed by atoms with Crippen LogP contribution < -0.4 is 4.90 Å². The number of rotatable bonds is 3. The van der Waals surface area contributed by atoms with Crippen LogP contribution in [0.3, 0.4) is 0 Å². The van der Waals surface area contributed by atoms with Gasteiger partial charge in [-0.1, -0.05) is 0 Å². The number of nitrogens with zero attached hydrogens (tertiary/aromatic N) is 4. The van der Waals surface area contributed by atoms with Crippen LogP contribution in [-0.4, -0.2) is 59.2 Å². The Morgan fingerprint density at radius 1 is 1.20 bits per heavy atom. The highest BCUT2D eigenvalue weighted by molar-refractivity contribution is 5.76. The summed E-state index contributed by atoms with van der Waals surface area (Å²) >= 11 is 0. The zero-order valence-corrected chi connectivity index (χ0v) is 15.1. The van der Waals surface area contributed by atoms with Gasteiger partial charge in [0, 0.05) is 45.0 Å². The Labute approximate surface area is 149 Å². The van der Waals surface area contributed by atoms with E-state index in [1.54, 1.807) is 0 Å². The normalized spacial score (nSPS) is 25.7. The Kier molecular flexibility index (Phi) is 4.63. The number of carbonyl (C=O) groups excluding carboxylic acids is 1. The molecule has 0 N–H and O–H groups in total. The van der Waals surface area contributed by atoms with Gasteiger partial charge in [0.15, 0.2) is 0 Å². The third kappa shape index (κ3) is 3.64. The molecule has 0 saturated carbocycles. The summed E-state index contributed by atoms with van der Waals surface area (Å²) in [6.45, 7) is 6.49. The Morgan fingerprint density at radius 3 is 2.56 bits per heavy atom. The minimum Gasteiger partial charge on any atom is -0.375 e. The first-order valence-electron chi connectivity index (χ1n) is 9.59. The number of piperidine rings is 1. The van der Waals surface area contributed by atoms with Crippen molar-refractivity contribution in [1.82, 2.24) is 14.9 Å². The van der Waals surface area contributed by atoms with Gasteiger partial charge in [-0.05, 0) is 50.5 Å². The van der Waals surface area contributed by atoms with Gasteiger partial charge in [0.05, 0.1) is 12.2 Å². The van der Waals surface area contributed by atoms with Crippen molar-refractivity contribution in [2.24, 2.45) is 5.92 Å². The smallest absolute Gasteiger partial charge is 0.225 e. The van der Waals surface area contributed by atoms with Crippen LogP contribution in [0.5, 0.6) is 0 Å². The fourth-order valence-corrected chi connectivity index (χ4v) is 4.42. The first kappa shape index (κ1) is 16.8. The van der Waals surface area contributed by atoms with Crippen molar-refractivity contribution in [2.45, 2.75) is 51.0 Å². The molecule has 0 aliphatic carbocycles. The second kappa shape index (κ2) is 6.90. The molecule has 1 amide bonds. The number of carbonyl (C=O) groups is 1. The number of aromatic nitrogens is 2. The van der Waals surface area contributed by atoms with Crippen molar-refractivity contribution in [3.63, 3.8) is 0 Å². The molecule has 6 nitrogen and oxygen atoms in total. The van der Waals surface area contributed by atoms with E-state index in [2.05, 4.69) is 14.9 Å². The van der Waals surface area contributed by atoms with Gasteiger partial charge in [0.25, 0.3) is 0 Å². The number of hydrogen-bond donors (Lipinski definition) is 0. The Bertz CT molecular complexity index is 604. The molecule has 0 unspecified atom stereocenters. The lowest BCUT2D eigenvalue weighted by Crippen LogP contribution is -2.44. The van der Waals surface area contributed by atoms with Crippen LogP contribution in [0.1, 0.15) is 44.1 Å². The second-order valence-corrected chi connectivity index (χ2v) is 7.90. The van der Waals surface area contributed by atoms with Crippen LogP contribution in [-0.2, 0) is 9.53 Å². The number of likely N-dealkylation sites (tertiary alicyclic amines) is 1. The Balaban J connectivity index is 1.29. The molecule has 6 heteroatoms. The summed E-state index contributed by atoms with van der Waals surface area (Å²) in [5.41, 5.74) is 1.05. The van der Waals surface area contributed by atoms with Crippen LogP contribution in [0.4, 0.5) is 5.95 Å². The first-order chi connectivity index (χ1) is 12.1. The maximum absolute atomic E-state index is 12.4. The van der Waals surface area contributed by atoms with E-state index in [0.717, 1.165) is 76.4 Å². The van der Waals surface area contributed by atoms with E-state index in [4.69, 9.17) is 4.74 Å². The van der Waals surface area contributed by atoms with E-state index in [1.165, 1.54) is 0 Å². The molecule has 1 spiro atoms. The predicted molar refractivity (Wildman–Crippen MR) is 95.4 cm³/mol. The zero-order valence-electron chi connectivity index (χ0n) is 15.1. The highest BCUT2D eigenvalue weighted by Gasteiger charge is 2.43. The van der Waals surface area contributed by atoms with Gasteiger partial charge in [-0.3, -0.25) is 4.79 Å². The molecule has 1 aromatic rings. The molecule has 25 heavy (non-hydrogen) atoms. The summed E-state index contributed by atoms with van der Waals surface area (Å²) in [5.74, 6) is 1.53. The van der Waals surface area contributed by atoms with Crippen LogP contribution in [0.2, 0.25) is 0 Å². The molecule has 0 radical (unpaired) electrons. The molecular formula is C19H28N4O2. The summed E-state index contributed by atoms with van der Waals surface area (Å²) in [5, 5.41) is 0. The van der Waals surface area contributed by atoms with Crippen molar-refractivity contribution in [3.05, 3.63) is 18.0 Å². The largest absolute Gasteiger partial charge is 0.375 e. The molecule has 1 atom stereocenters. The molecule has 3 aliphatic rings. The van der Waals surface area contributed by atoms with Gasteiger partial charge in [0.2, 0.25) is 11.9 Å². The van der Waals surface area contributed by atoms with Gasteiger partial charge < -0.3 is 14.5 Å². The van der Waals surface area contributed by atoms with E-state index in [9.17, 15) is 4.79 Å². The topological polar surface area (TPSA) is 58.6 Å². The van der Waals surface area contributed by atoms with Crippen LogP contribution in [0, 0.1) is 12.8 Å². The number of ether oxygens (including phenoxy) is 1. The molecule has 3 fully saturated rings. The second-order valence-electron chi connectivity index (χ2n) is 7.90. The first-order valence-corrected chi connectivity index (χ1v) is 9.59. The van der Waals surface area contributed by atoms with Gasteiger partial charge >= 0.3 is 0 Å². The number of anilines is 1. The van der Waals surface area contributed by atoms with Crippen molar-refractivity contribution in [3.8, 4) is 0 Å². The van der Waals surface area contributed by atoms with Gasteiger partial charge in [0.1, 0.15) is 0 Å². The van der Waals surface area contributed by atoms with Gasteiger partial charge in [-0.15, -0.1) is 0 Å². The quantitative estimate of drug-likeness (QED) is 0.841. The average Bonchev–Trinajstić information content (AvgIpc) is 3.28. The standard InChI is InChI=1S/C19H28N4O2/c1-15-12-20-18(21-13-15)23-8-4-19(5-9-23)11-16(14-25-19)10-17(24)22-6-2-3-7-22/h12-13,16H,2-11,14H2,1H3/t16-/m0/s1. The third-order valence-electron chi connectivity index (χ3n) is 5.93. The molecule has 3 aliphatic heterocycles. The molecule has 4 heterocycles. The summed E-state index contributed by atoms with van der Waals surface area (Å²) in [6, 6.07) is 0. The highest BCUT2D eigenvalue weighted by atomic mass is 16.5. The lowest BCUT2D eigenvalue weighted by molar-refractivity contribution is -0.131. The predicted octanol–water partition coefficient (Wildman–Crippen LogP) is 2.17. The summed E-state index contributed by atoms with van der Waals surface area (Å²) in [7, 11) is 0. The fraction of sp³-hybridized carbons (Fsp3) is 0.737. The van der Waals surface area contributed by atoms with Gasteiger partial charge in [-0.2, -0.15) is 0 Å². The molecule has 136 valence electrons. The molecule has 0 aromatic carbocycles. The van der Waals surface area contributed by atoms with E-state index < -0.39 is 0 Å². The molecular weight excluding hydrogens is 316 g/mol. The molecule has 3 saturated heterocycles. The van der Waals surface area contributed by atoms with E-state index in [0.29, 0.717) is 18.2 Å². The lowest BCUT2D eigenvalue weighted by atomic mass is 9.84. The summed E-state index contributed by atoms with van der Waals surface area (Å²) < 4.78 is 6.22. The summed E-state index contributed by atoms with van der Waals surface area (Å²) in [6.07, 6.45) is 9.75. The SMILES string of the molecule is Cc1cnc(N2CCC3(CC2)C[C@H](CC(=O)N2CCCC2)CO3)nc1. The van der Waals surface area contributed by atoms with E-state index in [1.807, 2.05) is 24.2 Å². The minimum absolute atomic E-state index is 0.0306. The van der Waals surface area contributed by atoms with Crippen molar-refractivity contribution >= 4 is 11.9 Å². The van der Waals surface area contributed by atoms with Crippen LogP contribution in [0.15, 0.2) is 12.4 Å². The minimum atomic E-state index is -0.0306. The van der Waals surface area contributed by atoms with Crippen molar-refractivity contribution in [1.29, 1.82) is 0 Å². The van der Waals surface area contributed by atoms with Crippen LogP contribution in [0.25, 0.3) is 0 Å². The Morgan fingerprint density at radius 2 is 1.88 bits per heavy atom. The molecule has 0 bridgehead atoms. The van der Waals surface area contributed by atoms with Gasteiger partial charge in [-0.25, -0.2) is 9.97 Å². The Hall–Kier alpha value is -1.69. The molecule has 1 aromatic heterocycles. The third-order valence-corrected chi connectivity index (χ3v) is 5.93. The fourth-order valence-electron chi connectivity index (χ4n) is 4.42. The lowest BCUT2D eigenvalue weighted by Gasteiger charge is -2.38. The maximum atomic E-state index is 12.4. The van der Waals surface area contributed by atoms with E-state index in [-0.39, 0.29) is 5.60 Å². The zero-order chi connectivity index (χ0) is 17.3. The molecule has 4 rings (SSSR count). The number of hydrogen-bond acceptors (Lipinski definition) is 5. The van der Waals surface area contributed by atoms with E-state index >= 15 is 0 Å². The van der Waals surface area contributed by atoms with Crippen molar-refractivity contribution in [2.75, 3.05) is 37.7 Å². The highest BCUT2D eigenvalue weighted by Crippen LogP contribution is 2.40. The number of amides is 1. The average molecular weight is 344 g/mol. The number of aryl methyl sites for hydroxylation is 1.